The number of amides is 1. The van der Waals surface area contributed by atoms with Gasteiger partial charge in [-0.25, -0.2) is 8.42 Å². The van der Waals surface area contributed by atoms with Crippen LogP contribution in [0.2, 0.25) is 0 Å². The predicted octanol–water partition coefficient (Wildman–Crippen LogP) is 4.16. The van der Waals surface area contributed by atoms with Crippen LogP contribution in [0.5, 0.6) is 0 Å². The van der Waals surface area contributed by atoms with E-state index in [9.17, 15) is 13.2 Å². The van der Waals surface area contributed by atoms with Gasteiger partial charge in [-0.3, -0.25) is 4.79 Å². The summed E-state index contributed by atoms with van der Waals surface area (Å²) in [4.78, 5) is 13.0. The fraction of sp³-hybridized carbons (Fsp3) is 0.409. The van der Waals surface area contributed by atoms with E-state index in [2.05, 4.69) is 19.2 Å². The Kier molecular flexibility index (Phi) is 6.20. The first-order valence-electron chi connectivity index (χ1n) is 9.75. The normalized spacial score (nSPS) is 18.2. The highest BCUT2D eigenvalue weighted by molar-refractivity contribution is 7.89. The van der Waals surface area contributed by atoms with Crippen LogP contribution in [0.15, 0.2) is 53.4 Å². The zero-order valence-corrected chi connectivity index (χ0v) is 17.5. The molecule has 28 heavy (non-hydrogen) atoms. The van der Waals surface area contributed by atoms with Crippen LogP contribution in [0.25, 0.3) is 0 Å². The smallest absolute Gasteiger partial charge is 0.243 e. The number of anilines is 1. The number of aryl methyl sites for hydroxylation is 1. The average molecular weight is 401 g/mol. The van der Waals surface area contributed by atoms with Crippen LogP contribution >= 0.6 is 0 Å². The molecule has 0 unspecified atom stereocenters. The SMILES string of the molecule is Cc1ccc(S(=O)(=O)N2CCC[C@H](C(=O)Nc3ccc(C(C)C)cc3)C2)cc1. The number of carbonyl (C=O) groups excluding carboxylic acids is 1. The van der Waals surface area contributed by atoms with Gasteiger partial charge in [0.15, 0.2) is 0 Å². The molecule has 3 rings (SSSR count). The summed E-state index contributed by atoms with van der Waals surface area (Å²) in [6.45, 7) is 6.83. The number of nitrogens with zero attached hydrogens (tertiary/aromatic N) is 1. The Morgan fingerprint density at radius 1 is 1.07 bits per heavy atom. The molecule has 1 atom stereocenters. The van der Waals surface area contributed by atoms with Crippen molar-refractivity contribution in [2.24, 2.45) is 5.92 Å². The van der Waals surface area contributed by atoms with Crippen molar-refractivity contribution in [2.75, 3.05) is 18.4 Å². The third kappa shape index (κ3) is 4.62. The molecule has 1 aliphatic rings. The van der Waals surface area contributed by atoms with Gasteiger partial charge in [-0.2, -0.15) is 4.31 Å². The van der Waals surface area contributed by atoms with E-state index in [-0.39, 0.29) is 23.3 Å². The maximum atomic E-state index is 12.9. The minimum absolute atomic E-state index is 0.124. The molecule has 0 aromatic heterocycles. The molecule has 0 bridgehead atoms. The van der Waals surface area contributed by atoms with Crippen molar-refractivity contribution in [2.45, 2.75) is 44.4 Å². The summed E-state index contributed by atoms with van der Waals surface area (Å²) in [5.41, 5.74) is 2.97. The van der Waals surface area contributed by atoms with Crippen LogP contribution in [0.1, 0.15) is 43.7 Å². The third-order valence-electron chi connectivity index (χ3n) is 5.26. The highest BCUT2D eigenvalue weighted by Crippen LogP contribution is 2.25. The maximum absolute atomic E-state index is 12.9. The zero-order chi connectivity index (χ0) is 20.3. The molecule has 6 heteroatoms. The van der Waals surface area contributed by atoms with Crippen LogP contribution < -0.4 is 5.32 Å². The lowest BCUT2D eigenvalue weighted by molar-refractivity contribution is -0.120. The van der Waals surface area contributed by atoms with E-state index in [0.29, 0.717) is 25.3 Å². The number of nitrogens with one attached hydrogen (secondary N) is 1. The molecule has 1 saturated heterocycles. The standard InChI is InChI=1S/C22H28N2O3S/c1-16(2)18-8-10-20(11-9-18)23-22(25)19-5-4-14-24(15-19)28(26,27)21-12-6-17(3)7-13-21/h6-13,16,19H,4-5,14-15H2,1-3H3,(H,23,25)/t19-/m0/s1. The number of carbonyl (C=O) groups is 1. The molecule has 1 amide bonds. The first-order valence-corrected chi connectivity index (χ1v) is 11.2. The van der Waals surface area contributed by atoms with Gasteiger partial charge in [-0.05, 0) is 55.5 Å². The molecule has 2 aromatic carbocycles. The molecule has 0 aliphatic carbocycles. The predicted molar refractivity (Wildman–Crippen MR) is 112 cm³/mol. The van der Waals surface area contributed by atoms with Gasteiger partial charge in [-0.1, -0.05) is 43.7 Å². The number of sulfonamides is 1. The summed E-state index contributed by atoms with van der Waals surface area (Å²) < 4.78 is 27.3. The zero-order valence-electron chi connectivity index (χ0n) is 16.7. The summed E-state index contributed by atoms with van der Waals surface area (Å²) in [5, 5.41) is 2.94. The lowest BCUT2D eigenvalue weighted by Crippen LogP contribution is -2.43. The molecule has 0 spiro atoms. The van der Waals surface area contributed by atoms with E-state index in [4.69, 9.17) is 0 Å². The summed E-state index contributed by atoms with van der Waals surface area (Å²) in [6, 6.07) is 14.7. The van der Waals surface area contributed by atoms with Crippen LogP contribution in [0.3, 0.4) is 0 Å². The first kappa shape index (κ1) is 20.6. The van der Waals surface area contributed by atoms with Crippen LogP contribution in [-0.4, -0.2) is 31.7 Å². The topological polar surface area (TPSA) is 66.5 Å². The molecular weight excluding hydrogens is 372 g/mol. The number of piperidine rings is 1. The fourth-order valence-electron chi connectivity index (χ4n) is 3.43. The Morgan fingerprint density at radius 2 is 1.71 bits per heavy atom. The van der Waals surface area contributed by atoms with Crippen molar-refractivity contribution in [3.05, 3.63) is 59.7 Å². The molecule has 1 aliphatic heterocycles. The Labute approximate surface area is 167 Å². The van der Waals surface area contributed by atoms with Crippen molar-refractivity contribution in [3.63, 3.8) is 0 Å². The van der Waals surface area contributed by atoms with E-state index in [1.54, 1.807) is 24.3 Å². The Morgan fingerprint density at radius 3 is 2.32 bits per heavy atom. The molecule has 0 saturated carbocycles. The first-order chi connectivity index (χ1) is 13.3. The molecule has 150 valence electrons. The number of benzene rings is 2. The minimum Gasteiger partial charge on any atom is -0.326 e. The van der Waals surface area contributed by atoms with Gasteiger partial charge >= 0.3 is 0 Å². The number of hydrogen-bond donors (Lipinski definition) is 1. The van der Waals surface area contributed by atoms with Gasteiger partial charge in [0.05, 0.1) is 10.8 Å². The van der Waals surface area contributed by atoms with Gasteiger partial charge in [-0.15, -0.1) is 0 Å². The third-order valence-corrected chi connectivity index (χ3v) is 7.14. The average Bonchev–Trinajstić information content (AvgIpc) is 2.69. The highest BCUT2D eigenvalue weighted by atomic mass is 32.2. The number of hydrogen-bond acceptors (Lipinski definition) is 3. The van der Waals surface area contributed by atoms with E-state index in [0.717, 1.165) is 11.3 Å². The molecule has 0 radical (unpaired) electrons. The molecule has 1 heterocycles. The monoisotopic (exact) mass is 400 g/mol. The van der Waals surface area contributed by atoms with Crippen LogP contribution in [0, 0.1) is 12.8 Å². The van der Waals surface area contributed by atoms with Crippen molar-refractivity contribution < 1.29 is 13.2 Å². The van der Waals surface area contributed by atoms with Crippen molar-refractivity contribution in [1.82, 2.24) is 4.31 Å². The maximum Gasteiger partial charge on any atom is 0.243 e. The molecule has 5 nitrogen and oxygen atoms in total. The quantitative estimate of drug-likeness (QED) is 0.820. The van der Waals surface area contributed by atoms with Crippen molar-refractivity contribution in [3.8, 4) is 0 Å². The van der Waals surface area contributed by atoms with E-state index in [1.165, 1.54) is 9.87 Å². The largest absolute Gasteiger partial charge is 0.326 e. The molecule has 2 aromatic rings. The van der Waals surface area contributed by atoms with Gasteiger partial charge in [0.1, 0.15) is 0 Å². The van der Waals surface area contributed by atoms with Crippen LogP contribution in [0.4, 0.5) is 5.69 Å². The highest BCUT2D eigenvalue weighted by Gasteiger charge is 2.33. The summed E-state index contributed by atoms with van der Waals surface area (Å²) in [5.74, 6) is -0.0384. The lowest BCUT2D eigenvalue weighted by atomic mass is 9.98. The van der Waals surface area contributed by atoms with Crippen LogP contribution in [-0.2, 0) is 14.8 Å². The molecule has 1 fully saturated rings. The Hall–Kier alpha value is -2.18. The summed E-state index contributed by atoms with van der Waals surface area (Å²) in [7, 11) is -3.58. The van der Waals surface area contributed by atoms with E-state index >= 15 is 0 Å². The minimum atomic E-state index is -3.58. The van der Waals surface area contributed by atoms with Crippen molar-refractivity contribution in [1.29, 1.82) is 0 Å². The van der Waals surface area contributed by atoms with E-state index in [1.807, 2.05) is 31.2 Å². The Bertz CT molecular complexity index is 919. The lowest BCUT2D eigenvalue weighted by Gasteiger charge is -2.31. The van der Waals surface area contributed by atoms with Gasteiger partial charge in [0.25, 0.3) is 0 Å². The van der Waals surface area contributed by atoms with Gasteiger partial charge in [0.2, 0.25) is 15.9 Å². The molecular formula is C22H28N2O3S. The second kappa shape index (κ2) is 8.45. The fourth-order valence-corrected chi connectivity index (χ4v) is 4.95. The Balaban J connectivity index is 1.68. The summed E-state index contributed by atoms with van der Waals surface area (Å²) >= 11 is 0. The number of rotatable bonds is 5. The second-order valence-corrected chi connectivity index (χ2v) is 9.72. The van der Waals surface area contributed by atoms with E-state index < -0.39 is 10.0 Å². The second-order valence-electron chi connectivity index (χ2n) is 7.78. The molecule has 1 N–H and O–H groups in total. The van der Waals surface area contributed by atoms with Crippen molar-refractivity contribution >= 4 is 21.6 Å². The summed E-state index contributed by atoms with van der Waals surface area (Å²) in [6.07, 6.45) is 1.37. The van der Waals surface area contributed by atoms with Gasteiger partial charge < -0.3 is 5.32 Å². The van der Waals surface area contributed by atoms with Gasteiger partial charge in [0, 0.05) is 18.8 Å².